The molecular formula is C18H17NO7. The molecule has 3 aliphatic rings. The van der Waals surface area contributed by atoms with Crippen molar-refractivity contribution in [3.8, 4) is 0 Å². The fourth-order valence-electron chi connectivity index (χ4n) is 4.11. The third-order valence-electron chi connectivity index (χ3n) is 5.27. The van der Waals surface area contributed by atoms with Crippen LogP contribution in [0.2, 0.25) is 0 Å². The van der Waals surface area contributed by atoms with Gasteiger partial charge in [0, 0.05) is 0 Å². The van der Waals surface area contributed by atoms with Crippen LogP contribution in [0, 0.1) is 23.7 Å². The molecule has 0 aromatic carbocycles. The third kappa shape index (κ3) is 2.53. The van der Waals surface area contributed by atoms with Crippen LogP contribution in [0.3, 0.4) is 0 Å². The average Bonchev–Trinajstić information content (AvgIpc) is 3.40. The van der Waals surface area contributed by atoms with E-state index in [1.807, 2.05) is 12.2 Å². The maximum Gasteiger partial charge on any atom is 0.373 e. The largest absolute Gasteiger partial charge is 0.463 e. The van der Waals surface area contributed by atoms with Crippen molar-refractivity contribution in [3.63, 3.8) is 0 Å². The molecule has 0 spiro atoms. The first-order valence-corrected chi connectivity index (χ1v) is 8.35. The number of allylic oxidation sites excluding steroid dienone is 2. The van der Waals surface area contributed by atoms with Crippen LogP contribution in [0.15, 0.2) is 28.7 Å². The van der Waals surface area contributed by atoms with Gasteiger partial charge in [-0.25, -0.2) is 4.79 Å². The fourth-order valence-corrected chi connectivity index (χ4v) is 4.11. The first kappa shape index (κ1) is 16.6. The van der Waals surface area contributed by atoms with E-state index < -0.39 is 18.5 Å². The maximum absolute atomic E-state index is 12.5. The average molecular weight is 359 g/mol. The van der Waals surface area contributed by atoms with Crippen LogP contribution in [0.25, 0.3) is 0 Å². The number of fused-ring (bicyclic) bond motifs is 5. The molecule has 2 heterocycles. The zero-order valence-corrected chi connectivity index (χ0v) is 14.0. The van der Waals surface area contributed by atoms with Crippen molar-refractivity contribution in [2.24, 2.45) is 23.7 Å². The van der Waals surface area contributed by atoms with Gasteiger partial charge in [-0.15, -0.1) is 0 Å². The molecule has 4 rings (SSSR count). The van der Waals surface area contributed by atoms with Gasteiger partial charge in [-0.3, -0.25) is 19.3 Å². The summed E-state index contributed by atoms with van der Waals surface area (Å²) in [7, 11) is 1.23. The number of carbonyl (C=O) groups excluding carboxylic acids is 4. The highest BCUT2D eigenvalue weighted by Crippen LogP contribution is 2.52. The molecule has 2 fully saturated rings. The highest BCUT2D eigenvalue weighted by molar-refractivity contribution is 6.08. The molecule has 2 amide bonds. The van der Waals surface area contributed by atoms with Crippen LogP contribution in [0.5, 0.6) is 0 Å². The van der Waals surface area contributed by atoms with Gasteiger partial charge in [0.2, 0.25) is 17.6 Å². The number of nitrogens with zero attached hydrogens (tertiary/aromatic N) is 1. The Bertz CT molecular complexity index is 793. The van der Waals surface area contributed by atoms with Gasteiger partial charge in [0.05, 0.1) is 18.9 Å². The van der Waals surface area contributed by atoms with Crippen LogP contribution < -0.4 is 0 Å². The topological polar surface area (TPSA) is 103 Å². The lowest BCUT2D eigenvalue weighted by atomic mass is 9.85. The van der Waals surface area contributed by atoms with E-state index in [2.05, 4.69) is 4.74 Å². The predicted molar refractivity (Wildman–Crippen MR) is 84.3 cm³/mol. The molecule has 1 aromatic heterocycles. The minimum atomic E-state index is -0.706. The lowest BCUT2D eigenvalue weighted by Gasteiger charge is -2.16. The number of methoxy groups -OCH3 is 1. The number of rotatable bonds is 5. The zero-order chi connectivity index (χ0) is 18.4. The van der Waals surface area contributed by atoms with Gasteiger partial charge < -0.3 is 13.9 Å². The standard InChI is InChI=1S/C18H17NO7/c1-24-18(23)12-5-4-11(26-12)8-25-13(20)7-19-16(21)14-9-2-3-10(6-9)15(14)17(19)22/h2-5,9-10,14-15H,6-8H2,1H3. The van der Waals surface area contributed by atoms with E-state index in [9.17, 15) is 19.2 Å². The summed E-state index contributed by atoms with van der Waals surface area (Å²) in [5.74, 6) is -2.13. The van der Waals surface area contributed by atoms with Crippen molar-refractivity contribution in [2.75, 3.05) is 13.7 Å². The molecule has 8 heteroatoms. The highest BCUT2D eigenvalue weighted by Gasteiger charge is 2.59. The van der Waals surface area contributed by atoms with E-state index in [4.69, 9.17) is 9.15 Å². The molecule has 136 valence electrons. The second kappa shape index (κ2) is 6.12. The second-order valence-electron chi connectivity index (χ2n) is 6.68. The Labute approximate surface area is 148 Å². The van der Waals surface area contributed by atoms with Gasteiger partial charge >= 0.3 is 11.9 Å². The summed E-state index contributed by atoms with van der Waals surface area (Å²) in [6.07, 6.45) is 4.83. The quantitative estimate of drug-likeness (QED) is 0.437. The lowest BCUT2D eigenvalue weighted by Crippen LogP contribution is -2.37. The molecule has 26 heavy (non-hydrogen) atoms. The molecule has 4 unspecified atom stereocenters. The smallest absolute Gasteiger partial charge is 0.373 e. The van der Waals surface area contributed by atoms with Gasteiger partial charge in [-0.1, -0.05) is 12.2 Å². The number of hydrogen-bond donors (Lipinski definition) is 0. The van der Waals surface area contributed by atoms with Crippen LogP contribution in [0.4, 0.5) is 0 Å². The zero-order valence-electron chi connectivity index (χ0n) is 14.0. The van der Waals surface area contributed by atoms with Crippen molar-refractivity contribution >= 4 is 23.8 Å². The first-order chi connectivity index (χ1) is 12.5. The molecule has 1 saturated heterocycles. The van der Waals surface area contributed by atoms with E-state index in [1.165, 1.54) is 19.2 Å². The van der Waals surface area contributed by atoms with Crippen LogP contribution in [-0.4, -0.2) is 42.3 Å². The highest BCUT2D eigenvalue weighted by atomic mass is 16.6. The van der Waals surface area contributed by atoms with Crippen molar-refractivity contribution in [1.29, 1.82) is 0 Å². The van der Waals surface area contributed by atoms with Gasteiger partial charge in [0.1, 0.15) is 18.9 Å². The molecule has 1 saturated carbocycles. The van der Waals surface area contributed by atoms with E-state index in [0.29, 0.717) is 0 Å². The van der Waals surface area contributed by atoms with Crippen LogP contribution >= 0.6 is 0 Å². The van der Waals surface area contributed by atoms with Crippen molar-refractivity contribution in [3.05, 3.63) is 35.8 Å². The maximum atomic E-state index is 12.5. The molecule has 1 aliphatic heterocycles. The van der Waals surface area contributed by atoms with Gasteiger partial charge in [-0.2, -0.15) is 0 Å². The summed E-state index contributed by atoms with van der Waals surface area (Å²) < 4.78 is 14.8. The Morgan fingerprint density at radius 2 is 1.81 bits per heavy atom. The lowest BCUT2D eigenvalue weighted by molar-refractivity contribution is -0.154. The summed E-state index contributed by atoms with van der Waals surface area (Å²) >= 11 is 0. The predicted octanol–water partition coefficient (Wildman–Crippen LogP) is 0.917. The molecule has 8 nitrogen and oxygen atoms in total. The van der Waals surface area contributed by atoms with E-state index >= 15 is 0 Å². The number of hydrogen-bond acceptors (Lipinski definition) is 7. The molecule has 2 bridgehead atoms. The van der Waals surface area contributed by atoms with Gasteiger partial charge in [0.25, 0.3) is 0 Å². The summed E-state index contributed by atoms with van der Waals surface area (Å²) in [6.45, 7) is -0.611. The normalized spacial score (nSPS) is 28.6. The number of carbonyl (C=O) groups is 4. The van der Waals surface area contributed by atoms with Crippen LogP contribution in [-0.2, 0) is 30.5 Å². The number of esters is 2. The monoisotopic (exact) mass is 359 g/mol. The van der Waals surface area contributed by atoms with E-state index in [0.717, 1.165) is 11.3 Å². The number of amides is 2. The van der Waals surface area contributed by atoms with Gasteiger partial charge in [0.15, 0.2) is 0 Å². The van der Waals surface area contributed by atoms with E-state index in [-0.39, 0.29) is 53.6 Å². The minimum absolute atomic E-state index is 0.000696. The Hall–Kier alpha value is -2.90. The second-order valence-corrected chi connectivity index (χ2v) is 6.68. The molecule has 4 atom stereocenters. The number of likely N-dealkylation sites (tertiary alicyclic amines) is 1. The van der Waals surface area contributed by atoms with E-state index in [1.54, 1.807) is 0 Å². The summed E-state index contributed by atoms with van der Waals surface area (Å²) in [6, 6.07) is 2.89. The van der Waals surface area contributed by atoms with Crippen LogP contribution in [0.1, 0.15) is 22.7 Å². The first-order valence-electron chi connectivity index (χ1n) is 8.35. The van der Waals surface area contributed by atoms with Crippen molar-refractivity contribution in [2.45, 2.75) is 13.0 Å². The SMILES string of the molecule is COC(=O)c1ccc(COC(=O)CN2C(=O)C3C4C=CC(C4)C3C2=O)o1. The minimum Gasteiger partial charge on any atom is -0.463 e. The number of furan rings is 1. The van der Waals surface area contributed by atoms with Crippen molar-refractivity contribution in [1.82, 2.24) is 4.90 Å². The molecule has 2 aliphatic carbocycles. The third-order valence-corrected chi connectivity index (χ3v) is 5.27. The summed E-state index contributed by atoms with van der Waals surface area (Å²) in [5, 5.41) is 0. The fraction of sp³-hybridized carbons (Fsp3) is 0.444. The van der Waals surface area contributed by atoms with Crippen molar-refractivity contribution < 1.29 is 33.1 Å². The Morgan fingerprint density at radius 3 is 2.42 bits per heavy atom. The molecular weight excluding hydrogens is 342 g/mol. The molecule has 0 radical (unpaired) electrons. The molecule has 1 aromatic rings. The summed E-state index contributed by atoms with van der Waals surface area (Å²) in [4.78, 5) is 49.4. The Balaban J connectivity index is 1.34. The van der Waals surface area contributed by atoms with Gasteiger partial charge in [-0.05, 0) is 30.4 Å². The Morgan fingerprint density at radius 1 is 1.15 bits per heavy atom. The Kier molecular flexibility index (Phi) is 3.90. The number of ether oxygens (including phenoxy) is 2. The molecule has 0 N–H and O–H groups in total. The number of imide groups is 1. The summed E-state index contributed by atoms with van der Waals surface area (Å²) in [5.41, 5.74) is 0.